The number of hydrogen-bond donors (Lipinski definition) is 0. The standard InChI is InChI=1S/C18H32N2O2S/c1-5-23-16-7-6-15(12-16)19(4)18(22)14-8-10-20(11-9-14)17(21)13(2)3/h13-16H,5-12H2,1-4H3/t15-,16+/m0/s1. The van der Waals surface area contributed by atoms with Crippen molar-refractivity contribution in [1.82, 2.24) is 9.80 Å². The lowest BCUT2D eigenvalue weighted by Crippen LogP contribution is -2.46. The number of carbonyl (C=O) groups excluding carboxylic acids is 2. The second-order valence-corrected chi connectivity index (χ2v) is 8.82. The second-order valence-electron chi connectivity index (χ2n) is 7.25. The molecule has 2 fully saturated rings. The zero-order chi connectivity index (χ0) is 17.0. The van der Waals surface area contributed by atoms with Gasteiger partial charge in [-0.15, -0.1) is 0 Å². The molecule has 2 amide bonds. The lowest BCUT2D eigenvalue weighted by molar-refractivity contribution is -0.142. The van der Waals surface area contributed by atoms with E-state index in [2.05, 4.69) is 6.92 Å². The molecule has 0 N–H and O–H groups in total. The zero-order valence-corrected chi connectivity index (χ0v) is 15.9. The highest BCUT2D eigenvalue weighted by Gasteiger charge is 2.34. The smallest absolute Gasteiger partial charge is 0.225 e. The molecule has 1 aliphatic carbocycles. The fourth-order valence-electron chi connectivity index (χ4n) is 3.84. The molecule has 2 aliphatic rings. The van der Waals surface area contributed by atoms with Crippen LogP contribution in [0.5, 0.6) is 0 Å². The summed E-state index contributed by atoms with van der Waals surface area (Å²) in [6.45, 7) is 7.57. The lowest BCUT2D eigenvalue weighted by Gasteiger charge is -2.35. The third kappa shape index (κ3) is 4.65. The third-order valence-corrected chi connectivity index (χ3v) is 6.54. The third-order valence-electron chi connectivity index (χ3n) is 5.30. The molecule has 0 aromatic carbocycles. The molecule has 1 saturated carbocycles. The Hall–Kier alpha value is -0.710. The van der Waals surface area contributed by atoms with Crippen LogP contribution in [0.15, 0.2) is 0 Å². The molecule has 1 aliphatic heterocycles. The van der Waals surface area contributed by atoms with Crippen LogP contribution in [-0.2, 0) is 9.59 Å². The summed E-state index contributed by atoms with van der Waals surface area (Å²) in [6.07, 6.45) is 5.17. The Balaban J connectivity index is 1.81. The van der Waals surface area contributed by atoms with Crippen LogP contribution >= 0.6 is 11.8 Å². The van der Waals surface area contributed by atoms with Crippen molar-refractivity contribution >= 4 is 23.6 Å². The van der Waals surface area contributed by atoms with Gasteiger partial charge in [-0.2, -0.15) is 11.8 Å². The van der Waals surface area contributed by atoms with Gasteiger partial charge in [0.2, 0.25) is 11.8 Å². The normalized spacial score (nSPS) is 25.9. The number of likely N-dealkylation sites (tertiary alicyclic amines) is 1. The average Bonchev–Trinajstić information content (AvgIpc) is 3.02. The number of carbonyl (C=O) groups is 2. The number of nitrogens with zero attached hydrogens (tertiary/aromatic N) is 2. The van der Waals surface area contributed by atoms with Gasteiger partial charge < -0.3 is 9.80 Å². The van der Waals surface area contributed by atoms with Gasteiger partial charge in [-0.3, -0.25) is 9.59 Å². The first-order valence-electron chi connectivity index (χ1n) is 9.11. The Labute approximate surface area is 145 Å². The lowest BCUT2D eigenvalue weighted by atomic mass is 9.94. The summed E-state index contributed by atoms with van der Waals surface area (Å²) in [6, 6.07) is 0.418. The fourth-order valence-corrected chi connectivity index (χ4v) is 4.97. The van der Waals surface area contributed by atoms with Crippen molar-refractivity contribution in [1.29, 1.82) is 0 Å². The highest BCUT2D eigenvalue weighted by atomic mass is 32.2. The van der Waals surface area contributed by atoms with E-state index >= 15 is 0 Å². The molecular formula is C18H32N2O2S. The molecule has 1 heterocycles. The van der Waals surface area contributed by atoms with E-state index in [9.17, 15) is 9.59 Å². The van der Waals surface area contributed by atoms with E-state index in [1.165, 1.54) is 6.42 Å². The van der Waals surface area contributed by atoms with Gasteiger partial charge >= 0.3 is 0 Å². The molecular weight excluding hydrogens is 308 g/mol. The monoisotopic (exact) mass is 340 g/mol. The van der Waals surface area contributed by atoms with Gasteiger partial charge in [-0.1, -0.05) is 20.8 Å². The van der Waals surface area contributed by atoms with Crippen LogP contribution in [0.4, 0.5) is 0 Å². The summed E-state index contributed by atoms with van der Waals surface area (Å²) in [7, 11) is 1.98. The first-order chi connectivity index (χ1) is 10.9. The maximum Gasteiger partial charge on any atom is 0.225 e. The average molecular weight is 341 g/mol. The fraction of sp³-hybridized carbons (Fsp3) is 0.889. The van der Waals surface area contributed by atoms with Crippen LogP contribution in [-0.4, -0.2) is 58.8 Å². The highest BCUT2D eigenvalue weighted by Crippen LogP contribution is 2.33. The molecule has 0 aromatic rings. The molecule has 0 unspecified atom stereocenters. The summed E-state index contributed by atoms with van der Waals surface area (Å²) in [5.74, 6) is 1.84. The Kier molecular flexibility index (Phi) is 6.81. The largest absolute Gasteiger partial charge is 0.342 e. The van der Waals surface area contributed by atoms with Gasteiger partial charge in [-0.05, 0) is 37.9 Å². The Morgan fingerprint density at radius 2 is 1.83 bits per heavy atom. The van der Waals surface area contributed by atoms with Gasteiger partial charge in [0.05, 0.1) is 0 Å². The van der Waals surface area contributed by atoms with E-state index in [0.29, 0.717) is 11.9 Å². The Morgan fingerprint density at radius 1 is 1.17 bits per heavy atom. The van der Waals surface area contributed by atoms with E-state index in [0.717, 1.165) is 49.8 Å². The Morgan fingerprint density at radius 3 is 2.39 bits per heavy atom. The molecule has 0 radical (unpaired) electrons. The van der Waals surface area contributed by atoms with Crippen molar-refractivity contribution < 1.29 is 9.59 Å². The second kappa shape index (κ2) is 8.41. The van der Waals surface area contributed by atoms with Gasteiger partial charge in [-0.25, -0.2) is 0 Å². The predicted molar refractivity (Wildman–Crippen MR) is 96.5 cm³/mol. The van der Waals surface area contributed by atoms with E-state index in [1.807, 2.05) is 42.5 Å². The highest BCUT2D eigenvalue weighted by molar-refractivity contribution is 7.99. The number of thioether (sulfide) groups is 1. The molecule has 2 atom stereocenters. The van der Waals surface area contributed by atoms with Crippen LogP contribution in [0.25, 0.3) is 0 Å². The maximum absolute atomic E-state index is 12.8. The minimum absolute atomic E-state index is 0.0522. The Bertz CT molecular complexity index is 419. The molecule has 132 valence electrons. The van der Waals surface area contributed by atoms with E-state index < -0.39 is 0 Å². The first kappa shape index (κ1) is 18.6. The molecule has 4 nitrogen and oxygen atoms in total. The van der Waals surface area contributed by atoms with Crippen LogP contribution < -0.4 is 0 Å². The van der Waals surface area contributed by atoms with Crippen molar-refractivity contribution in [2.45, 2.75) is 64.2 Å². The molecule has 1 saturated heterocycles. The van der Waals surface area contributed by atoms with Crippen molar-refractivity contribution in [3.8, 4) is 0 Å². The van der Waals surface area contributed by atoms with Gasteiger partial charge in [0, 0.05) is 43.3 Å². The summed E-state index contributed by atoms with van der Waals surface area (Å²) in [5, 5.41) is 0.728. The first-order valence-corrected chi connectivity index (χ1v) is 10.2. The minimum atomic E-state index is 0.0522. The van der Waals surface area contributed by atoms with Crippen LogP contribution in [0, 0.1) is 11.8 Å². The van der Waals surface area contributed by atoms with Crippen LogP contribution in [0.3, 0.4) is 0 Å². The van der Waals surface area contributed by atoms with Crippen molar-refractivity contribution in [2.24, 2.45) is 11.8 Å². The number of piperidine rings is 1. The molecule has 0 aromatic heterocycles. The SMILES string of the molecule is CCS[C@@H]1CC[C@H](N(C)C(=O)C2CCN(C(=O)C(C)C)CC2)C1. The van der Waals surface area contributed by atoms with E-state index in [4.69, 9.17) is 0 Å². The molecule has 0 spiro atoms. The summed E-state index contributed by atoms with van der Waals surface area (Å²) in [4.78, 5) is 28.8. The molecule has 23 heavy (non-hydrogen) atoms. The van der Waals surface area contributed by atoms with E-state index in [-0.39, 0.29) is 17.7 Å². The van der Waals surface area contributed by atoms with Gasteiger partial charge in [0.15, 0.2) is 0 Å². The summed E-state index contributed by atoms with van der Waals surface area (Å²) in [5.41, 5.74) is 0. The zero-order valence-electron chi connectivity index (χ0n) is 15.1. The summed E-state index contributed by atoms with van der Waals surface area (Å²) < 4.78 is 0. The van der Waals surface area contributed by atoms with Crippen LogP contribution in [0.2, 0.25) is 0 Å². The number of amides is 2. The van der Waals surface area contributed by atoms with Crippen molar-refractivity contribution in [3.05, 3.63) is 0 Å². The predicted octanol–water partition coefficient (Wildman–Crippen LogP) is 3.01. The summed E-state index contributed by atoms with van der Waals surface area (Å²) >= 11 is 2.03. The van der Waals surface area contributed by atoms with Crippen LogP contribution in [0.1, 0.15) is 52.9 Å². The van der Waals surface area contributed by atoms with Gasteiger partial charge in [0.25, 0.3) is 0 Å². The minimum Gasteiger partial charge on any atom is -0.342 e. The quantitative estimate of drug-likeness (QED) is 0.772. The van der Waals surface area contributed by atoms with Gasteiger partial charge in [0.1, 0.15) is 0 Å². The van der Waals surface area contributed by atoms with Crippen molar-refractivity contribution in [2.75, 3.05) is 25.9 Å². The molecule has 5 heteroatoms. The number of hydrogen-bond acceptors (Lipinski definition) is 3. The topological polar surface area (TPSA) is 40.6 Å². The maximum atomic E-state index is 12.8. The molecule has 0 bridgehead atoms. The van der Waals surface area contributed by atoms with E-state index in [1.54, 1.807) is 0 Å². The molecule has 2 rings (SSSR count). The number of rotatable bonds is 5. The van der Waals surface area contributed by atoms with Crippen molar-refractivity contribution in [3.63, 3.8) is 0 Å².